The summed E-state index contributed by atoms with van der Waals surface area (Å²) in [5, 5.41) is 15.4. The summed E-state index contributed by atoms with van der Waals surface area (Å²) in [7, 11) is 0. The van der Waals surface area contributed by atoms with Crippen molar-refractivity contribution in [2.24, 2.45) is 4.99 Å². The van der Waals surface area contributed by atoms with Crippen molar-refractivity contribution in [2.45, 2.75) is 37.4 Å². The van der Waals surface area contributed by atoms with Gasteiger partial charge in [-0.2, -0.15) is 0 Å². The molecule has 1 aliphatic heterocycles. The van der Waals surface area contributed by atoms with Crippen LogP contribution in [0.25, 0.3) is 5.32 Å². The molecule has 5 aromatic rings. The van der Waals surface area contributed by atoms with Gasteiger partial charge in [0.1, 0.15) is 0 Å². The predicted octanol–water partition coefficient (Wildman–Crippen LogP) is 8.00. The van der Waals surface area contributed by atoms with Gasteiger partial charge in [0, 0.05) is 34.5 Å². The number of likely N-dealkylation sites (tertiary alicyclic amines) is 1. The number of hydrogen-bond donors (Lipinski definition) is 1. The number of para-hydroxylation sites is 1. The fraction of sp³-hybridized carbons (Fsp3) is 0.175. The molecular weight excluding hydrogens is 629 g/mol. The third-order valence-electron chi connectivity index (χ3n) is 8.47. The van der Waals surface area contributed by atoms with E-state index < -0.39 is 17.9 Å². The molecule has 1 amide bonds. The summed E-state index contributed by atoms with van der Waals surface area (Å²) in [5.74, 6) is -1.79. The first-order valence-electron chi connectivity index (χ1n) is 15.7. The fourth-order valence-corrected chi connectivity index (χ4v) is 6.26. The number of rotatable bonds is 11. The molecule has 6 rings (SSSR count). The second-order valence-electron chi connectivity index (χ2n) is 11.5. The Morgan fingerprint density at radius 3 is 1.87 bits per heavy atom. The molecule has 0 bridgehead atoms. The number of hydrogen-bond acceptors (Lipinski definition) is 4. The molecule has 240 valence electrons. The third-order valence-corrected chi connectivity index (χ3v) is 8.47. The molecule has 0 spiro atoms. The van der Waals surface area contributed by atoms with Crippen molar-refractivity contribution >= 4 is 23.3 Å². The Kier molecular flexibility index (Phi) is 11.5. The van der Waals surface area contributed by atoms with Crippen LogP contribution in [0.1, 0.15) is 46.6 Å². The van der Waals surface area contributed by atoms with Crippen LogP contribution in [0.15, 0.2) is 151 Å². The van der Waals surface area contributed by atoms with Crippen LogP contribution in [0.2, 0.25) is 0 Å². The number of aliphatic carboxylic acids is 1. The van der Waals surface area contributed by atoms with Crippen molar-refractivity contribution in [3.05, 3.63) is 179 Å². The van der Waals surface area contributed by atoms with Gasteiger partial charge in [-0.15, -0.1) is 5.69 Å². The number of carbonyl (C=O) groups is 2. The number of aliphatic imine (C=N–C) groups is 1. The van der Waals surface area contributed by atoms with Crippen LogP contribution in [-0.2, 0) is 32.6 Å². The summed E-state index contributed by atoms with van der Waals surface area (Å²) in [6.07, 6.45) is 1.67. The average molecular weight is 665 g/mol. The monoisotopic (exact) mass is 664 g/mol. The molecule has 1 aliphatic rings. The number of carboxylic acids is 1. The molecule has 6 nitrogen and oxygen atoms in total. The molecule has 47 heavy (non-hydrogen) atoms. The molecule has 2 atom stereocenters. The molecule has 1 saturated heterocycles. The molecule has 1 N–H and O–H groups in total. The zero-order valence-electron chi connectivity index (χ0n) is 25.8. The van der Waals surface area contributed by atoms with Crippen LogP contribution in [0.4, 0.5) is 5.69 Å². The maximum Gasteiger partial charge on any atom is 0.329 e. The van der Waals surface area contributed by atoms with Crippen molar-refractivity contribution in [2.75, 3.05) is 6.54 Å². The maximum atomic E-state index is 13.8. The normalized spacial score (nSPS) is 15.5. The van der Waals surface area contributed by atoms with Gasteiger partial charge in [-0.1, -0.05) is 146 Å². The first-order valence-corrected chi connectivity index (χ1v) is 15.7. The van der Waals surface area contributed by atoms with Gasteiger partial charge in [0.2, 0.25) is 0 Å². The van der Waals surface area contributed by atoms with Crippen LogP contribution < -0.4 is 0 Å². The predicted molar refractivity (Wildman–Crippen MR) is 183 cm³/mol. The Morgan fingerprint density at radius 1 is 0.745 bits per heavy atom. The zero-order chi connectivity index (χ0) is 31.7. The summed E-state index contributed by atoms with van der Waals surface area (Å²) >= 11 is 0. The zero-order valence-corrected chi connectivity index (χ0v) is 26.8. The quantitative estimate of drug-likeness (QED) is 0.115. The molecule has 1 fully saturated rings. The van der Waals surface area contributed by atoms with Gasteiger partial charge in [-0.3, -0.25) is 9.89 Å². The maximum absolute atomic E-state index is 13.8. The Morgan fingerprint density at radius 2 is 1.28 bits per heavy atom. The van der Waals surface area contributed by atoms with Crippen LogP contribution in [0.5, 0.6) is 0 Å². The minimum absolute atomic E-state index is 0. The molecule has 0 saturated carbocycles. The molecule has 1 heterocycles. The van der Waals surface area contributed by atoms with Crippen molar-refractivity contribution in [3.8, 4) is 0 Å². The molecule has 0 aliphatic carbocycles. The Bertz CT molecular complexity index is 1740. The fourth-order valence-electron chi connectivity index (χ4n) is 6.26. The standard InChI is InChI=1S/C40H37N3O3.Ni/c44-39(35-26-15-27-43(35)28-29-16-5-1-6-17-29)41-34-25-14-13-24-33(34)37(32-22-11-4-12-23-32)42-38(40(45)46)36(30-18-7-2-8-19-30)31-20-9-3-10-21-31;/h1-14,16-25,35-36,38H,15,26-28H2,(H2,41,42,44,45,46);/p-1/t35-,38-;/m0./s1. The van der Waals surface area contributed by atoms with Crippen molar-refractivity contribution < 1.29 is 31.2 Å². The molecular formula is C40H36N3NiO3-. The number of carbonyl (C=O) groups excluding carboxylic acids is 1. The van der Waals surface area contributed by atoms with Gasteiger partial charge in [0.05, 0.1) is 17.7 Å². The summed E-state index contributed by atoms with van der Waals surface area (Å²) in [6.45, 7) is 1.52. The number of amides is 1. The Balaban J connectivity index is 0.00000433. The van der Waals surface area contributed by atoms with E-state index in [1.165, 1.54) is 0 Å². The second kappa shape index (κ2) is 16.1. The van der Waals surface area contributed by atoms with Gasteiger partial charge < -0.3 is 15.2 Å². The summed E-state index contributed by atoms with van der Waals surface area (Å²) in [6, 6.07) is 44.9. The van der Waals surface area contributed by atoms with E-state index in [-0.39, 0.29) is 28.4 Å². The molecule has 5 aromatic carbocycles. The molecule has 0 unspecified atom stereocenters. The first-order chi connectivity index (χ1) is 22.6. The van der Waals surface area contributed by atoms with E-state index in [1.807, 2.05) is 133 Å². The smallest absolute Gasteiger partial charge is 0.329 e. The van der Waals surface area contributed by atoms with Gasteiger partial charge >= 0.3 is 5.97 Å². The first kappa shape index (κ1) is 33.5. The van der Waals surface area contributed by atoms with Crippen molar-refractivity contribution in [1.82, 2.24) is 4.90 Å². The van der Waals surface area contributed by atoms with Gasteiger partial charge in [0.15, 0.2) is 6.04 Å². The number of benzene rings is 5. The summed E-state index contributed by atoms with van der Waals surface area (Å²) in [5.41, 5.74) is 5.17. The average Bonchev–Trinajstić information content (AvgIpc) is 3.57. The Hall–Kier alpha value is -4.84. The molecule has 0 radical (unpaired) electrons. The Labute approximate surface area is 286 Å². The minimum atomic E-state index is -1.15. The van der Waals surface area contributed by atoms with E-state index in [1.54, 1.807) is 0 Å². The second-order valence-corrected chi connectivity index (χ2v) is 11.5. The van der Waals surface area contributed by atoms with Gasteiger partial charge in [-0.05, 0) is 41.6 Å². The van der Waals surface area contributed by atoms with Crippen molar-refractivity contribution in [3.63, 3.8) is 0 Å². The molecule has 0 aromatic heterocycles. The number of nitrogens with zero attached hydrogens (tertiary/aromatic N) is 3. The van der Waals surface area contributed by atoms with Crippen LogP contribution in [-0.4, -0.2) is 46.2 Å². The SMILES string of the molecule is O=C(O)[C@@H](N=C(c1ccccc1)c1ccccc1[N-]C(=O)[C@@H]1CCCN1Cc1ccccc1)C(c1ccccc1)c1ccccc1.[Ni]. The van der Waals surface area contributed by atoms with Crippen LogP contribution in [0.3, 0.4) is 0 Å². The van der Waals surface area contributed by atoms with Crippen LogP contribution >= 0.6 is 0 Å². The van der Waals surface area contributed by atoms with E-state index >= 15 is 0 Å². The number of carboxylic acid groups (broad SMARTS) is 1. The van der Waals surface area contributed by atoms with E-state index in [2.05, 4.69) is 22.3 Å². The largest absolute Gasteiger partial charge is 0.625 e. The van der Waals surface area contributed by atoms with Gasteiger partial charge in [-0.25, -0.2) is 4.79 Å². The van der Waals surface area contributed by atoms with E-state index in [9.17, 15) is 14.7 Å². The van der Waals surface area contributed by atoms with E-state index in [0.717, 1.165) is 41.6 Å². The van der Waals surface area contributed by atoms with Crippen molar-refractivity contribution in [1.29, 1.82) is 0 Å². The molecule has 7 heteroatoms. The van der Waals surface area contributed by atoms with Gasteiger partial charge in [0.25, 0.3) is 0 Å². The van der Waals surface area contributed by atoms with E-state index in [0.29, 0.717) is 23.5 Å². The topological polar surface area (TPSA) is 84.1 Å². The van der Waals surface area contributed by atoms with Crippen LogP contribution in [0, 0.1) is 0 Å². The third kappa shape index (κ3) is 8.12. The van der Waals surface area contributed by atoms with E-state index in [4.69, 9.17) is 4.99 Å². The summed E-state index contributed by atoms with van der Waals surface area (Å²) < 4.78 is 0. The summed E-state index contributed by atoms with van der Waals surface area (Å²) in [4.78, 5) is 34.1. The minimum Gasteiger partial charge on any atom is -0.625 e.